The van der Waals surface area contributed by atoms with Crippen molar-refractivity contribution in [1.29, 1.82) is 0 Å². The van der Waals surface area contributed by atoms with E-state index in [1.165, 1.54) is 23.5 Å². The van der Waals surface area contributed by atoms with Crippen LogP contribution in [-0.4, -0.2) is 23.5 Å². The Morgan fingerprint density at radius 1 is 1.07 bits per heavy atom. The fourth-order valence-electron chi connectivity index (χ4n) is 3.02. The summed E-state index contributed by atoms with van der Waals surface area (Å²) >= 11 is 1.47. The molecule has 7 heteroatoms. The quantitative estimate of drug-likeness (QED) is 0.464. The summed E-state index contributed by atoms with van der Waals surface area (Å²) in [6.45, 7) is -0.419. The summed E-state index contributed by atoms with van der Waals surface area (Å²) < 4.78 is 18.4. The minimum Gasteiger partial charge on any atom is -0.451 e. The van der Waals surface area contributed by atoms with Crippen LogP contribution in [0.2, 0.25) is 0 Å². The third-order valence-electron chi connectivity index (χ3n) is 4.42. The van der Waals surface area contributed by atoms with Crippen LogP contribution in [0.1, 0.15) is 27.0 Å². The molecule has 0 saturated heterocycles. The standard InChI is InChI=1S/C22H17FN2O3S/c23-16-9-7-14(8-10-16)21(19-6-3-11-29-19)25-20(26)13-28-22(27)18-12-15-4-1-2-5-17(15)24-18/h1-12,21,24H,13H2,(H,25,26)/t21-/m0/s1. The Bertz CT molecular complexity index is 1100. The molecule has 0 unspecified atom stereocenters. The molecule has 146 valence electrons. The first-order valence-electron chi connectivity index (χ1n) is 8.93. The second-order valence-electron chi connectivity index (χ2n) is 6.41. The maximum Gasteiger partial charge on any atom is 0.355 e. The normalized spacial score (nSPS) is 11.9. The molecule has 0 aliphatic rings. The zero-order valence-corrected chi connectivity index (χ0v) is 16.0. The summed E-state index contributed by atoms with van der Waals surface area (Å²) in [5, 5.41) is 5.63. The topological polar surface area (TPSA) is 71.2 Å². The Kier molecular flexibility index (Phi) is 5.39. The van der Waals surface area contributed by atoms with Crippen LogP contribution in [0, 0.1) is 5.82 Å². The number of rotatable bonds is 6. The van der Waals surface area contributed by atoms with Gasteiger partial charge in [0, 0.05) is 15.8 Å². The zero-order chi connectivity index (χ0) is 20.2. The van der Waals surface area contributed by atoms with Crippen LogP contribution >= 0.6 is 11.3 Å². The molecule has 0 spiro atoms. The van der Waals surface area contributed by atoms with Crippen LogP contribution in [0.5, 0.6) is 0 Å². The van der Waals surface area contributed by atoms with E-state index in [1.54, 1.807) is 18.2 Å². The van der Waals surface area contributed by atoms with Crippen molar-refractivity contribution in [3.63, 3.8) is 0 Å². The Balaban J connectivity index is 1.42. The van der Waals surface area contributed by atoms with Gasteiger partial charge in [-0.3, -0.25) is 4.79 Å². The van der Waals surface area contributed by atoms with E-state index in [-0.39, 0.29) is 11.5 Å². The minimum atomic E-state index is -0.606. The van der Waals surface area contributed by atoms with E-state index < -0.39 is 24.5 Å². The van der Waals surface area contributed by atoms with Crippen LogP contribution in [0.15, 0.2) is 72.1 Å². The van der Waals surface area contributed by atoms with E-state index in [0.29, 0.717) is 0 Å². The first-order valence-corrected chi connectivity index (χ1v) is 9.81. The van der Waals surface area contributed by atoms with Gasteiger partial charge in [0.2, 0.25) is 0 Å². The number of amides is 1. The lowest BCUT2D eigenvalue weighted by molar-refractivity contribution is -0.124. The van der Waals surface area contributed by atoms with Gasteiger partial charge >= 0.3 is 5.97 Å². The second-order valence-corrected chi connectivity index (χ2v) is 7.39. The average molecular weight is 408 g/mol. The molecule has 2 N–H and O–H groups in total. The van der Waals surface area contributed by atoms with Crippen molar-refractivity contribution < 1.29 is 18.7 Å². The summed E-state index contributed by atoms with van der Waals surface area (Å²) in [5.74, 6) is -1.40. The van der Waals surface area contributed by atoms with Crippen LogP contribution in [-0.2, 0) is 9.53 Å². The Morgan fingerprint density at radius 2 is 1.86 bits per heavy atom. The number of ether oxygens (including phenoxy) is 1. The average Bonchev–Trinajstić information content (AvgIpc) is 3.40. The molecule has 2 heterocycles. The van der Waals surface area contributed by atoms with Crippen molar-refractivity contribution in [1.82, 2.24) is 10.3 Å². The van der Waals surface area contributed by atoms with E-state index in [1.807, 2.05) is 41.8 Å². The number of fused-ring (bicyclic) bond motifs is 1. The predicted octanol–water partition coefficient (Wildman–Crippen LogP) is 4.43. The highest BCUT2D eigenvalue weighted by atomic mass is 32.1. The molecule has 0 bridgehead atoms. The first-order chi connectivity index (χ1) is 14.1. The number of hydrogen-bond acceptors (Lipinski definition) is 4. The number of aromatic amines is 1. The highest BCUT2D eigenvalue weighted by Gasteiger charge is 2.19. The van der Waals surface area contributed by atoms with E-state index in [4.69, 9.17) is 4.74 Å². The minimum absolute atomic E-state index is 0.285. The lowest BCUT2D eigenvalue weighted by atomic mass is 10.1. The Morgan fingerprint density at radius 3 is 2.59 bits per heavy atom. The Labute approximate surface area is 170 Å². The van der Waals surface area contributed by atoms with Crippen molar-refractivity contribution in [2.24, 2.45) is 0 Å². The number of aromatic nitrogens is 1. The molecule has 2 aromatic carbocycles. The molecule has 1 amide bonds. The van der Waals surface area contributed by atoms with Gasteiger partial charge in [-0.25, -0.2) is 9.18 Å². The second kappa shape index (κ2) is 8.28. The maximum atomic E-state index is 13.3. The summed E-state index contributed by atoms with van der Waals surface area (Å²) in [7, 11) is 0. The predicted molar refractivity (Wildman–Crippen MR) is 109 cm³/mol. The van der Waals surface area contributed by atoms with Crippen LogP contribution < -0.4 is 5.32 Å². The maximum absolute atomic E-state index is 13.3. The first kappa shape index (κ1) is 18.9. The number of para-hydroxylation sites is 1. The molecule has 0 saturated carbocycles. The molecule has 0 fully saturated rings. The van der Waals surface area contributed by atoms with Gasteiger partial charge in [0.1, 0.15) is 11.5 Å². The van der Waals surface area contributed by atoms with Crippen molar-refractivity contribution in [3.05, 3.63) is 94.1 Å². The van der Waals surface area contributed by atoms with E-state index >= 15 is 0 Å². The molecule has 5 nitrogen and oxygen atoms in total. The van der Waals surface area contributed by atoms with Gasteiger partial charge < -0.3 is 15.0 Å². The highest BCUT2D eigenvalue weighted by molar-refractivity contribution is 7.10. The summed E-state index contributed by atoms with van der Waals surface area (Å²) in [5.41, 5.74) is 1.84. The third-order valence-corrected chi connectivity index (χ3v) is 5.36. The zero-order valence-electron chi connectivity index (χ0n) is 15.2. The SMILES string of the molecule is O=C(COC(=O)c1cc2ccccc2[nH]1)N[C@@H](c1ccc(F)cc1)c1cccs1. The number of halogens is 1. The van der Waals surface area contributed by atoms with Crippen LogP contribution in [0.25, 0.3) is 10.9 Å². The van der Waals surface area contributed by atoms with E-state index in [2.05, 4.69) is 10.3 Å². The number of carbonyl (C=O) groups excluding carboxylic acids is 2. The number of benzene rings is 2. The molecular weight excluding hydrogens is 391 g/mol. The van der Waals surface area contributed by atoms with Gasteiger partial charge in [-0.15, -0.1) is 11.3 Å². The fourth-order valence-corrected chi connectivity index (χ4v) is 3.83. The molecule has 0 radical (unpaired) electrons. The van der Waals surface area contributed by atoms with Crippen molar-refractivity contribution in [3.8, 4) is 0 Å². The van der Waals surface area contributed by atoms with Gasteiger partial charge in [0.05, 0.1) is 6.04 Å². The summed E-state index contributed by atoms with van der Waals surface area (Å²) in [6.07, 6.45) is 0. The highest BCUT2D eigenvalue weighted by Crippen LogP contribution is 2.26. The van der Waals surface area contributed by atoms with Gasteiger partial charge in [-0.1, -0.05) is 36.4 Å². The molecule has 4 aromatic rings. The molecule has 29 heavy (non-hydrogen) atoms. The Hall–Kier alpha value is -3.45. The van der Waals surface area contributed by atoms with E-state index in [0.717, 1.165) is 21.3 Å². The molecule has 1 atom stereocenters. The van der Waals surface area contributed by atoms with Gasteiger partial charge in [0.15, 0.2) is 6.61 Å². The monoisotopic (exact) mass is 408 g/mol. The van der Waals surface area contributed by atoms with Crippen LogP contribution in [0.4, 0.5) is 4.39 Å². The van der Waals surface area contributed by atoms with Gasteiger partial charge in [-0.05, 0) is 41.3 Å². The lowest BCUT2D eigenvalue weighted by Crippen LogP contribution is -2.32. The number of carbonyl (C=O) groups is 2. The molecular formula is C22H17FN2O3S. The van der Waals surface area contributed by atoms with Crippen molar-refractivity contribution >= 4 is 34.1 Å². The number of thiophene rings is 1. The lowest BCUT2D eigenvalue weighted by Gasteiger charge is -2.18. The van der Waals surface area contributed by atoms with Crippen molar-refractivity contribution in [2.45, 2.75) is 6.04 Å². The van der Waals surface area contributed by atoms with Gasteiger partial charge in [0.25, 0.3) is 5.91 Å². The molecule has 0 aliphatic heterocycles. The molecule has 4 rings (SSSR count). The van der Waals surface area contributed by atoms with E-state index in [9.17, 15) is 14.0 Å². The largest absolute Gasteiger partial charge is 0.451 e. The summed E-state index contributed by atoms with van der Waals surface area (Å²) in [4.78, 5) is 28.6. The fraction of sp³-hybridized carbons (Fsp3) is 0.0909. The summed E-state index contributed by atoms with van der Waals surface area (Å²) in [6, 6.07) is 18.4. The molecule has 2 aromatic heterocycles. The number of H-pyrrole nitrogens is 1. The number of esters is 1. The molecule has 0 aliphatic carbocycles. The number of hydrogen-bond donors (Lipinski definition) is 2. The van der Waals surface area contributed by atoms with Crippen LogP contribution in [0.3, 0.4) is 0 Å². The van der Waals surface area contributed by atoms with Crippen molar-refractivity contribution in [2.75, 3.05) is 6.61 Å². The van der Waals surface area contributed by atoms with Gasteiger partial charge in [-0.2, -0.15) is 0 Å². The number of nitrogens with one attached hydrogen (secondary N) is 2. The smallest absolute Gasteiger partial charge is 0.355 e. The third kappa shape index (κ3) is 4.35.